The number of furan rings is 1. The molecule has 1 aliphatic heterocycles. The number of amidine groups is 1. The van der Waals surface area contributed by atoms with Gasteiger partial charge in [-0.1, -0.05) is 159 Å². The predicted octanol–water partition coefficient (Wildman–Crippen LogP) is 16.3. The lowest BCUT2D eigenvalue weighted by Crippen LogP contribution is -2.17. The maximum Gasteiger partial charge on any atom is 0.160 e. The number of allylic oxidation sites excluding steroid dienone is 1. The van der Waals surface area contributed by atoms with Gasteiger partial charge in [-0.25, -0.2) is 9.98 Å². The van der Waals surface area contributed by atoms with Crippen molar-refractivity contribution in [2.45, 2.75) is 32.1 Å². The first-order valence-corrected chi connectivity index (χ1v) is 23.3. The first-order chi connectivity index (χ1) is 31.6. The van der Waals surface area contributed by atoms with Crippen LogP contribution >= 0.6 is 11.3 Å². The number of benzene rings is 9. The van der Waals surface area contributed by atoms with Crippen LogP contribution in [0.4, 0.5) is 0 Å². The molecule has 0 saturated carbocycles. The number of rotatable bonds is 4. The van der Waals surface area contributed by atoms with Gasteiger partial charge < -0.3 is 4.42 Å². The van der Waals surface area contributed by atoms with Crippen LogP contribution in [0.15, 0.2) is 202 Å². The molecule has 13 rings (SSSR count). The molecule has 4 heteroatoms. The Morgan fingerprint density at radius 1 is 0.531 bits per heavy atom. The van der Waals surface area contributed by atoms with Gasteiger partial charge in [0.05, 0.1) is 11.4 Å². The number of nitrogens with zero attached hydrogens (tertiary/aromatic N) is 2. The molecule has 0 radical (unpaired) electrons. The van der Waals surface area contributed by atoms with Gasteiger partial charge in [-0.05, 0) is 105 Å². The number of hydrogen-bond donors (Lipinski definition) is 0. The van der Waals surface area contributed by atoms with Crippen molar-refractivity contribution in [3.05, 3.63) is 221 Å². The Morgan fingerprint density at radius 3 is 2.12 bits per heavy atom. The van der Waals surface area contributed by atoms with Crippen molar-refractivity contribution in [2.24, 2.45) is 15.9 Å². The topological polar surface area (TPSA) is 37.9 Å². The van der Waals surface area contributed by atoms with E-state index in [0.29, 0.717) is 5.84 Å². The van der Waals surface area contributed by atoms with E-state index >= 15 is 0 Å². The second-order valence-corrected chi connectivity index (χ2v) is 18.7. The second-order valence-electron chi connectivity index (χ2n) is 17.6. The Bertz CT molecular complexity index is 3800. The average Bonchev–Trinajstić information content (AvgIpc) is 3.86. The molecule has 2 aromatic heterocycles. The SMILES string of the molecule is CC1C/C=C(c2ccc3c(oc4ccccc43)c2C2CCc3cc4ccccc4cc3-c3ccccc32)/N=C(c2ccc3ccccc3c2)\N=C/1c1ccc2c(c1)sc1ccccc12. The number of aliphatic imine (C=N–C) groups is 2. The summed E-state index contributed by atoms with van der Waals surface area (Å²) in [5.41, 5.74) is 13.6. The lowest BCUT2D eigenvalue weighted by atomic mass is 9.81. The van der Waals surface area contributed by atoms with Gasteiger partial charge in [0.1, 0.15) is 11.2 Å². The van der Waals surface area contributed by atoms with Crippen LogP contribution in [0, 0.1) is 5.92 Å². The normalized spacial score (nSPS) is 19.0. The van der Waals surface area contributed by atoms with Gasteiger partial charge >= 0.3 is 0 Å². The molecular weight excluding hydrogens is 797 g/mol. The molecule has 2 atom stereocenters. The highest BCUT2D eigenvalue weighted by atomic mass is 32.1. The number of fused-ring (bicyclic) bond motifs is 11. The fraction of sp³-hybridized carbons (Fsp3) is 0.100. The van der Waals surface area contributed by atoms with Gasteiger partial charge in [0.25, 0.3) is 0 Å². The van der Waals surface area contributed by atoms with E-state index in [1.165, 1.54) is 69.5 Å². The van der Waals surface area contributed by atoms with Crippen LogP contribution in [-0.2, 0) is 6.42 Å². The highest BCUT2D eigenvalue weighted by molar-refractivity contribution is 7.25. The fourth-order valence-corrected chi connectivity index (χ4v) is 11.7. The van der Waals surface area contributed by atoms with Crippen molar-refractivity contribution >= 4 is 92.2 Å². The molecule has 11 aromatic rings. The van der Waals surface area contributed by atoms with Gasteiger partial charge in [0.2, 0.25) is 0 Å². The van der Waals surface area contributed by atoms with Gasteiger partial charge in [-0.15, -0.1) is 11.3 Å². The number of thiophene rings is 1. The van der Waals surface area contributed by atoms with E-state index in [1.54, 1.807) is 0 Å². The molecule has 0 spiro atoms. The van der Waals surface area contributed by atoms with Crippen molar-refractivity contribution in [3.8, 4) is 11.1 Å². The molecular formula is C60H42N2OS. The number of aryl methyl sites for hydroxylation is 1. The quantitative estimate of drug-likeness (QED) is 0.174. The molecule has 0 bridgehead atoms. The fourth-order valence-electron chi connectivity index (χ4n) is 10.6. The molecule has 0 saturated heterocycles. The largest absolute Gasteiger partial charge is 0.456 e. The van der Waals surface area contributed by atoms with E-state index in [9.17, 15) is 0 Å². The summed E-state index contributed by atoms with van der Waals surface area (Å²) < 4.78 is 9.61. The molecule has 3 heterocycles. The monoisotopic (exact) mass is 838 g/mol. The maximum atomic E-state index is 7.03. The van der Waals surface area contributed by atoms with Gasteiger partial charge in [-0.3, -0.25) is 0 Å². The molecule has 3 nitrogen and oxygen atoms in total. The third kappa shape index (κ3) is 6.08. The van der Waals surface area contributed by atoms with Crippen LogP contribution < -0.4 is 0 Å². The van der Waals surface area contributed by atoms with Crippen molar-refractivity contribution in [1.29, 1.82) is 0 Å². The molecule has 0 amide bonds. The zero-order valence-corrected chi connectivity index (χ0v) is 36.2. The summed E-state index contributed by atoms with van der Waals surface area (Å²) in [7, 11) is 0. The standard InChI is InChI=1S/C60H42N2OS/c1-36-22-31-53(61-60(43-24-23-37-12-2-3-13-38(37)33-43)62-58(36)42-26-27-48-47-19-9-11-21-55(47)64-56(48)35-42)51-30-29-50-46-18-8-10-20-54(46)63-59(50)57(51)49-28-25-41-32-39-14-4-5-15-40(39)34-52(41)45-17-7-6-16-44(45)49/h2-21,23-24,26-27,29-36,49H,22,25,28H2,1H3/b53-31+,61-60-,62-58+. The lowest BCUT2D eigenvalue weighted by molar-refractivity contribution is 0.646. The van der Waals surface area contributed by atoms with Crippen LogP contribution in [0.2, 0.25) is 0 Å². The van der Waals surface area contributed by atoms with E-state index in [1.807, 2.05) is 11.3 Å². The minimum atomic E-state index is 0.0427. The Hall–Kier alpha value is -7.40. The van der Waals surface area contributed by atoms with Crippen LogP contribution in [0.25, 0.3) is 80.5 Å². The highest BCUT2D eigenvalue weighted by Gasteiger charge is 2.31. The molecule has 64 heavy (non-hydrogen) atoms. The Balaban J connectivity index is 1.03. The number of hydrogen-bond acceptors (Lipinski definition) is 4. The maximum absolute atomic E-state index is 7.03. The highest BCUT2D eigenvalue weighted by Crippen LogP contribution is 2.48. The predicted molar refractivity (Wildman–Crippen MR) is 271 cm³/mol. The zero-order chi connectivity index (χ0) is 42.3. The minimum absolute atomic E-state index is 0.0427. The third-order valence-electron chi connectivity index (χ3n) is 13.8. The average molecular weight is 839 g/mol. The zero-order valence-electron chi connectivity index (χ0n) is 35.4. The lowest BCUT2D eigenvalue weighted by Gasteiger charge is -2.24. The summed E-state index contributed by atoms with van der Waals surface area (Å²) in [5, 5.41) is 9.77. The summed E-state index contributed by atoms with van der Waals surface area (Å²) in [5.74, 6) is 0.876. The smallest absolute Gasteiger partial charge is 0.160 e. The Labute approximate surface area is 375 Å². The molecule has 9 aromatic carbocycles. The first-order valence-electron chi connectivity index (χ1n) is 22.4. The molecule has 2 unspecified atom stereocenters. The Kier molecular flexibility index (Phi) is 8.64. The van der Waals surface area contributed by atoms with Crippen LogP contribution in [-0.4, -0.2) is 11.5 Å². The van der Waals surface area contributed by atoms with Gasteiger partial charge in [0.15, 0.2) is 5.84 Å². The third-order valence-corrected chi connectivity index (χ3v) is 14.9. The molecule has 1 aliphatic carbocycles. The van der Waals surface area contributed by atoms with Crippen molar-refractivity contribution in [2.75, 3.05) is 0 Å². The van der Waals surface area contributed by atoms with Crippen molar-refractivity contribution < 1.29 is 4.42 Å². The number of para-hydroxylation sites is 1. The van der Waals surface area contributed by atoms with Crippen molar-refractivity contribution in [3.63, 3.8) is 0 Å². The first kappa shape index (κ1) is 37.2. The second kappa shape index (κ2) is 14.9. The van der Waals surface area contributed by atoms with E-state index < -0.39 is 0 Å². The van der Waals surface area contributed by atoms with Crippen LogP contribution in [0.1, 0.15) is 59.1 Å². The molecule has 304 valence electrons. The summed E-state index contributed by atoms with van der Waals surface area (Å²) in [4.78, 5) is 11.4. The summed E-state index contributed by atoms with van der Waals surface area (Å²) in [6, 6.07) is 66.5. The van der Waals surface area contributed by atoms with Crippen molar-refractivity contribution in [1.82, 2.24) is 0 Å². The summed E-state index contributed by atoms with van der Waals surface area (Å²) in [6.07, 6.45) is 5.02. The van der Waals surface area contributed by atoms with E-state index in [0.717, 1.165) is 69.3 Å². The van der Waals surface area contributed by atoms with E-state index in [2.05, 4.69) is 195 Å². The minimum Gasteiger partial charge on any atom is -0.456 e. The van der Waals surface area contributed by atoms with Crippen LogP contribution in [0.5, 0.6) is 0 Å². The van der Waals surface area contributed by atoms with Gasteiger partial charge in [-0.2, -0.15) is 0 Å². The van der Waals surface area contributed by atoms with Crippen LogP contribution in [0.3, 0.4) is 0 Å². The summed E-state index contributed by atoms with van der Waals surface area (Å²) >= 11 is 1.85. The molecule has 0 N–H and O–H groups in total. The molecule has 2 aliphatic rings. The van der Waals surface area contributed by atoms with Gasteiger partial charge in [0, 0.05) is 59.5 Å². The van der Waals surface area contributed by atoms with E-state index in [-0.39, 0.29) is 11.8 Å². The summed E-state index contributed by atoms with van der Waals surface area (Å²) in [6.45, 7) is 2.32. The molecule has 0 fully saturated rings. The Morgan fingerprint density at radius 2 is 1.23 bits per heavy atom. The van der Waals surface area contributed by atoms with E-state index in [4.69, 9.17) is 14.4 Å².